The normalized spacial score (nSPS) is 21.3. The second-order valence-electron chi connectivity index (χ2n) is 7.05. The zero-order chi connectivity index (χ0) is 16.7. The molecule has 4 nitrogen and oxygen atoms in total. The Morgan fingerprint density at radius 2 is 2.00 bits per heavy atom. The van der Waals surface area contributed by atoms with Crippen molar-refractivity contribution in [2.45, 2.75) is 58.9 Å². The highest BCUT2D eigenvalue weighted by molar-refractivity contribution is 14.0. The summed E-state index contributed by atoms with van der Waals surface area (Å²) in [6.45, 7) is 7.70. The molecule has 2 rings (SSSR count). The molecular formula is C19H33IN4. The number of nitrogens with zero attached hydrogens (tertiary/aromatic N) is 2. The Morgan fingerprint density at radius 3 is 2.58 bits per heavy atom. The Kier molecular flexibility index (Phi) is 9.63. The number of rotatable bonds is 5. The van der Waals surface area contributed by atoms with Gasteiger partial charge in [0, 0.05) is 32.0 Å². The topological polar surface area (TPSA) is 49.3 Å². The molecule has 0 amide bonds. The van der Waals surface area contributed by atoms with Crippen LogP contribution in [0.5, 0.6) is 0 Å². The average molecular weight is 444 g/mol. The number of guanidine groups is 1. The standard InChI is InChI=1S/C19H32N4.HI/c1-14(2)16-5-7-18(8-6-16)23-19(20-4)22-12-10-17-9-11-21-13-15(17)3;/h9,11,13-14,16,18H,5-8,10,12H2,1-4H3,(H2,20,22,23);1H. The minimum atomic E-state index is 0. The monoisotopic (exact) mass is 444 g/mol. The van der Waals surface area contributed by atoms with E-state index in [1.165, 1.54) is 36.8 Å². The third kappa shape index (κ3) is 6.57. The highest BCUT2D eigenvalue weighted by Crippen LogP contribution is 2.29. The molecule has 1 aliphatic carbocycles. The van der Waals surface area contributed by atoms with Crippen molar-refractivity contribution in [3.63, 3.8) is 0 Å². The largest absolute Gasteiger partial charge is 0.356 e. The van der Waals surface area contributed by atoms with Crippen LogP contribution in [0.15, 0.2) is 23.5 Å². The molecule has 1 heterocycles. The van der Waals surface area contributed by atoms with Gasteiger partial charge in [-0.1, -0.05) is 13.8 Å². The Hall–Kier alpha value is -0.850. The van der Waals surface area contributed by atoms with Crippen molar-refractivity contribution in [1.82, 2.24) is 15.6 Å². The summed E-state index contributed by atoms with van der Waals surface area (Å²) in [4.78, 5) is 8.52. The molecular weight excluding hydrogens is 411 g/mol. The van der Waals surface area contributed by atoms with Gasteiger partial charge in [-0.3, -0.25) is 9.98 Å². The second-order valence-corrected chi connectivity index (χ2v) is 7.05. The molecule has 0 unspecified atom stereocenters. The van der Waals surface area contributed by atoms with Crippen molar-refractivity contribution in [2.75, 3.05) is 13.6 Å². The molecule has 1 aromatic rings. The smallest absolute Gasteiger partial charge is 0.191 e. The summed E-state index contributed by atoms with van der Waals surface area (Å²) in [5, 5.41) is 7.04. The summed E-state index contributed by atoms with van der Waals surface area (Å²) in [6.07, 6.45) is 9.97. The van der Waals surface area contributed by atoms with Crippen LogP contribution in [0.25, 0.3) is 0 Å². The number of hydrogen-bond acceptors (Lipinski definition) is 2. The van der Waals surface area contributed by atoms with E-state index in [1.807, 2.05) is 19.4 Å². The average Bonchev–Trinajstić information content (AvgIpc) is 2.56. The van der Waals surface area contributed by atoms with E-state index in [1.54, 1.807) is 0 Å². The van der Waals surface area contributed by atoms with Crippen LogP contribution in [0.2, 0.25) is 0 Å². The summed E-state index contributed by atoms with van der Waals surface area (Å²) in [7, 11) is 1.85. The Balaban J connectivity index is 0.00000288. The SMILES string of the molecule is CN=C(NCCc1ccncc1C)NC1CCC(C(C)C)CC1.I. The van der Waals surface area contributed by atoms with Gasteiger partial charge < -0.3 is 10.6 Å². The first-order chi connectivity index (χ1) is 11.1. The van der Waals surface area contributed by atoms with Crippen LogP contribution >= 0.6 is 24.0 Å². The quantitative estimate of drug-likeness (QED) is 0.411. The van der Waals surface area contributed by atoms with Crippen LogP contribution in [-0.2, 0) is 6.42 Å². The van der Waals surface area contributed by atoms with E-state index in [2.05, 4.69) is 47.4 Å². The molecule has 1 aromatic heterocycles. The van der Waals surface area contributed by atoms with Gasteiger partial charge in [0.1, 0.15) is 0 Å². The van der Waals surface area contributed by atoms with Crippen LogP contribution in [0, 0.1) is 18.8 Å². The van der Waals surface area contributed by atoms with Crippen molar-refractivity contribution in [2.24, 2.45) is 16.8 Å². The number of nitrogens with one attached hydrogen (secondary N) is 2. The highest BCUT2D eigenvalue weighted by Gasteiger charge is 2.23. The lowest BCUT2D eigenvalue weighted by Crippen LogP contribution is -2.45. The van der Waals surface area contributed by atoms with Crippen molar-refractivity contribution in [1.29, 1.82) is 0 Å². The van der Waals surface area contributed by atoms with Gasteiger partial charge >= 0.3 is 0 Å². The van der Waals surface area contributed by atoms with Crippen LogP contribution in [0.4, 0.5) is 0 Å². The minimum absolute atomic E-state index is 0. The predicted molar refractivity (Wildman–Crippen MR) is 113 cm³/mol. The Labute approximate surface area is 164 Å². The molecule has 0 bridgehead atoms. The van der Waals surface area contributed by atoms with Crippen LogP contribution < -0.4 is 10.6 Å². The van der Waals surface area contributed by atoms with Gasteiger partial charge in [-0.2, -0.15) is 0 Å². The van der Waals surface area contributed by atoms with Gasteiger partial charge in [0.25, 0.3) is 0 Å². The van der Waals surface area contributed by atoms with E-state index in [0.29, 0.717) is 6.04 Å². The second kappa shape index (κ2) is 10.9. The molecule has 0 aromatic carbocycles. The number of aryl methyl sites for hydroxylation is 1. The lowest BCUT2D eigenvalue weighted by atomic mass is 9.80. The fourth-order valence-corrected chi connectivity index (χ4v) is 3.42. The fourth-order valence-electron chi connectivity index (χ4n) is 3.42. The van der Waals surface area contributed by atoms with Crippen LogP contribution in [-0.4, -0.2) is 30.6 Å². The van der Waals surface area contributed by atoms with E-state index >= 15 is 0 Å². The fraction of sp³-hybridized carbons (Fsp3) is 0.684. The molecule has 5 heteroatoms. The van der Waals surface area contributed by atoms with Crippen molar-refractivity contribution in [3.05, 3.63) is 29.6 Å². The molecule has 136 valence electrons. The van der Waals surface area contributed by atoms with E-state index < -0.39 is 0 Å². The first-order valence-electron chi connectivity index (χ1n) is 8.96. The first kappa shape index (κ1) is 21.2. The summed E-state index contributed by atoms with van der Waals surface area (Å²) in [5.41, 5.74) is 2.60. The molecule has 2 N–H and O–H groups in total. The maximum absolute atomic E-state index is 4.37. The van der Waals surface area contributed by atoms with Crippen molar-refractivity contribution < 1.29 is 0 Å². The number of hydrogen-bond donors (Lipinski definition) is 2. The summed E-state index contributed by atoms with van der Waals surface area (Å²) in [6, 6.07) is 2.67. The molecule has 0 saturated heterocycles. The van der Waals surface area contributed by atoms with Crippen LogP contribution in [0.3, 0.4) is 0 Å². The van der Waals surface area contributed by atoms with Gasteiger partial charge in [0.15, 0.2) is 5.96 Å². The molecule has 1 aliphatic rings. The molecule has 0 spiro atoms. The van der Waals surface area contributed by atoms with Gasteiger partial charge in [-0.15, -0.1) is 24.0 Å². The number of halogens is 1. The Bertz CT molecular complexity index is 508. The maximum atomic E-state index is 4.37. The maximum Gasteiger partial charge on any atom is 0.191 e. The number of aromatic nitrogens is 1. The van der Waals surface area contributed by atoms with Gasteiger partial charge in [0.2, 0.25) is 0 Å². The highest BCUT2D eigenvalue weighted by atomic mass is 127. The van der Waals surface area contributed by atoms with Gasteiger partial charge in [-0.25, -0.2) is 0 Å². The molecule has 0 aliphatic heterocycles. The molecule has 1 saturated carbocycles. The van der Waals surface area contributed by atoms with Gasteiger partial charge in [-0.05, 0) is 68.1 Å². The lowest BCUT2D eigenvalue weighted by Gasteiger charge is -2.32. The Morgan fingerprint density at radius 1 is 1.29 bits per heavy atom. The van der Waals surface area contributed by atoms with E-state index in [-0.39, 0.29) is 24.0 Å². The van der Waals surface area contributed by atoms with E-state index in [4.69, 9.17) is 0 Å². The van der Waals surface area contributed by atoms with E-state index in [9.17, 15) is 0 Å². The predicted octanol–water partition coefficient (Wildman–Crippen LogP) is 3.93. The third-order valence-electron chi connectivity index (χ3n) is 5.10. The minimum Gasteiger partial charge on any atom is -0.356 e. The van der Waals surface area contributed by atoms with Crippen molar-refractivity contribution in [3.8, 4) is 0 Å². The van der Waals surface area contributed by atoms with E-state index in [0.717, 1.165) is 30.8 Å². The molecule has 0 radical (unpaired) electrons. The van der Waals surface area contributed by atoms with Crippen LogP contribution in [0.1, 0.15) is 50.7 Å². The summed E-state index contributed by atoms with van der Waals surface area (Å²) in [5.74, 6) is 2.65. The molecule has 24 heavy (non-hydrogen) atoms. The lowest BCUT2D eigenvalue weighted by molar-refractivity contribution is 0.250. The third-order valence-corrected chi connectivity index (χ3v) is 5.10. The zero-order valence-corrected chi connectivity index (χ0v) is 17.8. The zero-order valence-electron chi connectivity index (χ0n) is 15.5. The van der Waals surface area contributed by atoms with Crippen molar-refractivity contribution >= 4 is 29.9 Å². The summed E-state index contributed by atoms with van der Waals surface area (Å²) >= 11 is 0. The van der Waals surface area contributed by atoms with Gasteiger partial charge in [0.05, 0.1) is 0 Å². The molecule has 1 fully saturated rings. The summed E-state index contributed by atoms with van der Waals surface area (Å²) < 4.78 is 0. The number of pyridine rings is 1. The number of aliphatic imine (C=N–C) groups is 1. The first-order valence-corrected chi connectivity index (χ1v) is 8.96. The molecule has 0 atom stereocenters.